The molecule has 5 nitrogen and oxygen atoms in total. The van der Waals surface area contributed by atoms with Gasteiger partial charge in [0, 0.05) is 12.6 Å². The van der Waals surface area contributed by atoms with Gasteiger partial charge in [-0.1, -0.05) is 0 Å². The number of carbonyl (C=O) groups is 1. The van der Waals surface area contributed by atoms with E-state index in [-0.39, 0.29) is 12.1 Å². The summed E-state index contributed by atoms with van der Waals surface area (Å²) in [7, 11) is 2.05. The summed E-state index contributed by atoms with van der Waals surface area (Å²) in [6, 6.07) is 0.0913. The van der Waals surface area contributed by atoms with Crippen LogP contribution in [0.25, 0.3) is 0 Å². The maximum atomic E-state index is 11.7. The maximum absolute atomic E-state index is 11.7. The van der Waals surface area contributed by atoms with Gasteiger partial charge in [0.25, 0.3) is 0 Å². The number of likely N-dealkylation sites (N-methyl/N-ethyl adjacent to an activating group) is 1. The first-order valence-electron chi connectivity index (χ1n) is 6.20. The third kappa shape index (κ3) is 4.91. The molecule has 1 rings (SSSR count). The molecular weight excluding hydrogens is 218 g/mol. The number of nitrogens with one attached hydrogen (secondary N) is 1. The molecule has 0 bridgehead atoms. The second kappa shape index (κ2) is 5.69. The highest BCUT2D eigenvalue weighted by molar-refractivity contribution is 5.68. The van der Waals surface area contributed by atoms with Crippen LogP contribution < -0.4 is 11.1 Å². The normalized spacial score (nSPS) is 26.6. The van der Waals surface area contributed by atoms with Gasteiger partial charge in [-0.25, -0.2) is 4.79 Å². The Labute approximate surface area is 104 Å². The first-order valence-corrected chi connectivity index (χ1v) is 6.20. The number of nitrogens with two attached hydrogens (primary N) is 1. The molecule has 1 saturated heterocycles. The third-order valence-corrected chi connectivity index (χ3v) is 2.96. The quantitative estimate of drug-likeness (QED) is 0.752. The third-order valence-electron chi connectivity index (χ3n) is 2.96. The zero-order chi connectivity index (χ0) is 13.1. The highest BCUT2D eigenvalue weighted by atomic mass is 16.6. The van der Waals surface area contributed by atoms with E-state index >= 15 is 0 Å². The molecule has 0 spiro atoms. The summed E-state index contributed by atoms with van der Waals surface area (Å²) in [6.45, 7) is 8.06. The second-order valence-corrected chi connectivity index (χ2v) is 5.80. The van der Waals surface area contributed by atoms with Crippen LogP contribution in [-0.2, 0) is 4.74 Å². The topological polar surface area (TPSA) is 67.6 Å². The van der Waals surface area contributed by atoms with Crippen molar-refractivity contribution in [2.24, 2.45) is 11.7 Å². The van der Waals surface area contributed by atoms with Gasteiger partial charge in [0.15, 0.2) is 0 Å². The van der Waals surface area contributed by atoms with Crippen molar-refractivity contribution in [3.05, 3.63) is 0 Å². The van der Waals surface area contributed by atoms with E-state index in [1.807, 2.05) is 20.8 Å². The monoisotopic (exact) mass is 243 g/mol. The molecule has 0 radical (unpaired) electrons. The van der Waals surface area contributed by atoms with Crippen molar-refractivity contribution in [3.8, 4) is 0 Å². The van der Waals surface area contributed by atoms with E-state index in [4.69, 9.17) is 10.5 Å². The van der Waals surface area contributed by atoms with Crippen molar-refractivity contribution < 1.29 is 9.53 Å². The van der Waals surface area contributed by atoms with E-state index < -0.39 is 5.60 Å². The van der Waals surface area contributed by atoms with E-state index in [1.165, 1.54) is 0 Å². The highest BCUT2D eigenvalue weighted by Gasteiger charge is 2.29. The standard InChI is InChI=1S/C12H25N3O2/c1-12(2,3)17-11(16)14-10-8-15(4)6-5-9(10)7-13/h9-10H,5-8,13H2,1-4H3,(H,14,16)/t9-,10+/m0/s1. The van der Waals surface area contributed by atoms with E-state index in [2.05, 4.69) is 17.3 Å². The minimum absolute atomic E-state index is 0.0913. The van der Waals surface area contributed by atoms with E-state index in [0.717, 1.165) is 19.5 Å². The largest absolute Gasteiger partial charge is 0.444 e. The Morgan fingerprint density at radius 3 is 2.71 bits per heavy atom. The van der Waals surface area contributed by atoms with Crippen molar-refractivity contribution in [2.45, 2.75) is 38.8 Å². The molecule has 0 aliphatic carbocycles. The van der Waals surface area contributed by atoms with Crippen LogP contribution in [0.15, 0.2) is 0 Å². The van der Waals surface area contributed by atoms with Crippen LogP contribution in [0.4, 0.5) is 4.79 Å². The van der Waals surface area contributed by atoms with Gasteiger partial charge in [-0.2, -0.15) is 0 Å². The molecule has 1 heterocycles. The first kappa shape index (κ1) is 14.3. The van der Waals surface area contributed by atoms with Crippen LogP contribution in [0.3, 0.4) is 0 Å². The number of likely N-dealkylation sites (tertiary alicyclic amines) is 1. The van der Waals surface area contributed by atoms with Crippen LogP contribution in [0, 0.1) is 5.92 Å². The first-order chi connectivity index (χ1) is 7.81. The number of rotatable bonds is 2. The predicted molar refractivity (Wildman–Crippen MR) is 67.8 cm³/mol. The molecule has 1 aliphatic rings. The number of ether oxygens (including phenoxy) is 1. The lowest BCUT2D eigenvalue weighted by Crippen LogP contribution is -2.54. The average molecular weight is 243 g/mol. The van der Waals surface area contributed by atoms with Gasteiger partial charge in [-0.05, 0) is 53.2 Å². The molecule has 0 aromatic rings. The second-order valence-electron chi connectivity index (χ2n) is 5.80. The van der Waals surface area contributed by atoms with Crippen LogP contribution >= 0.6 is 0 Å². The fourth-order valence-corrected chi connectivity index (χ4v) is 2.07. The Morgan fingerprint density at radius 2 is 2.18 bits per heavy atom. The van der Waals surface area contributed by atoms with Gasteiger partial charge in [-0.3, -0.25) is 0 Å². The molecule has 0 aromatic heterocycles. The van der Waals surface area contributed by atoms with Gasteiger partial charge in [0.1, 0.15) is 5.60 Å². The molecule has 1 aliphatic heterocycles. The zero-order valence-electron chi connectivity index (χ0n) is 11.3. The molecule has 0 unspecified atom stereocenters. The Bertz CT molecular complexity index is 263. The molecule has 2 atom stereocenters. The Morgan fingerprint density at radius 1 is 1.53 bits per heavy atom. The number of hydrogen-bond acceptors (Lipinski definition) is 4. The van der Waals surface area contributed by atoms with Gasteiger partial charge < -0.3 is 20.7 Å². The van der Waals surface area contributed by atoms with Crippen molar-refractivity contribution in [1.82, 2.24) is 10.2 Å². The lowest BCUT2D eigenvalue weighted by atomic mass is 9.92. The van der Waals surface area contributed by atoms with Crippen LogP contribution in [0.5, 0.6) is 0 Å². The summed E-state index contributed by atoms with van der Waals surface area (Å²) < 4.78 is 5.26. The lowest BCUT2D eigenvalue weighted by molar-refractivity contribution is 0.0445. The summed E-state index contributed by atoms with van der Waals surface area (Å²) in [5.41, 5.74) is 5.28. The van der Waals surface area contributed by atoms with Crippen molar-refractivity contribution >= 4 is 6.09 Å². The van der Waals surface area contributed by atoms with Gasteiger partial charge >= 0.3 is 6.09 Å². The number of hydrogen-bond donors (Lipinski definition) is 2. The molecule has 100 valence electrons. The summed E-state index contributed by atoms with van der Waals surface area (Å²) in [6.07, 6.45) is 0.671. The van der Waals surface area contributed by atoms with E-state index in [1.54, 1.807) is 0 Å². The van der Waals surface area contributed by atoms with Crippen LogP contribution in [-0.4, -0.2) is 49.3 Å². The molecule has 0 saturated carbocycles. The summed E-state index contributed by atoms with van der Waals surface area (Å²) >= 11 is 0. The van der Waals surface area contributed by atoms with E-state index in [0.29, 0.717) is 12.5 Å². The average Bonchev–Trinajstić information content (AvgIpc) is 2.14. The fraction of sp³-hybridized carbons (Fsp3) is 0.917. The molecule has 1 fully saturated rings. The summed E-state index contributed by atoms with van der Waals surface area (Å²) in [4.78, 5) is 13.9. The Balaban J connectivity index is 2.49. The van der Waals surface area contributed by atoms with Gasteiger partial charge in [0.2, 0.25) is 0 Å². The van der Waals surface area contributed by atoms with Crippen molar-refractivity contribution in [1.29, 1.82) is 0 Å². The molecule has 1 amide bonds. The Kier molecular flexibility index (Phi) is 4.77. The number of piperidine rings is 1. The van der Waals surface area contributed by atoms with Crippen LogP contribution in [0.2, 0.25) is 0 Å². The number of amides is 1. The summed E-state index contributed by atoms with van der Waals surface area (Å²) in [5.74, 6) is 0.346. The fourth-order valence-electron chi connectivity index (χ4n) is 2.07. The molecule has 5 heteroatoms. The number of alkyl carbamates (subject to hydrolysis) is 1. The zero-order valence-corrected chi connectivity index (χ0v) is 11.3. The predicted octanol–water partition coefficient (Wildman–Crippen LogP) is 0.790. The molecule has 0 aromatic carbocycles. The smallest absolute Gasteiger partial charge is 0.407 e. The minimum Gasteiger partial charge on any atom is -0.444 e. The van der Waals surface area contributed by atoms with Crippen molar-refractivity contribution in [3.63, 3.8) is 0 Å². The summed E-state index contributed by atoms with van der Waals surface area (Å²) in [5, 5.41) is 2.92. The SMILES string of the molecule is CN1CC[C@@H](CN)[C@H](NC(=O)OC(C)(C)C)C1. The Hall–Kier alpha value is -0.810. The molecule has 3 N–H and O–H groups in total. The minimum atomic E-state index is -0.455. The highest BCUT2D eigenvalue weighted by Crippen LogP contribution is 2.16. The van der Waals surface area contributed by atoms with E-state index in [9.17, 15) is 4.79 Å². The molecular formula is C12H25N3O2. The van der Waals surface area contributed by atoms with Crippen molar-refractivity contribution in [2.75, 3.05) is 26.7 Å². The lowest BCUT2D eigenvalue weighted by Gasteiger charge is -2.36. The number of carbonyl (C=O) groups excluding carboxylic acids is 1. The van der Waals surface area contributed by atoms with Gasteiger partial charge in [0.05, 0.1) is 0 Å². The van der Waals surface area contributed by atoms with Crippen LogP contribution in [0.1, 0.15) is 27.2 Å². The van der Waals surface area contributed by atoms with Gasteiger partial charge in [-0.15, -0.1) is 0 Å². The maximum Gasteiger partial charge on any atom is 0.407 e. The molecule has 17 heavy (non-hydrogen) atoms. The number of nitrogens with zero attached hydrogens (tertiary/aromatic N) is 1.